The van der Waals surface area contributed by atoms with E-state index in [-0.39, 0.29) is 12.1 Å². The molecule has 112 valence electrons. The summed E-state index contributed by atoms with van der Waals surface area (Å²) in [5.74, 6) is -0.938. The monoisotopic (exact) mass is 282 g/mol. The molecule has 0 aromatic carbocycles. The van der Waals surface area contributed by atoms with Crippen molar-refractivity contribution < 1.29 is 14.6 Å². The quantitative estimate of drug-likeness (QED) is 0.850. The molecule has 0 fully saturated rings. The van der Waals surface area contributed by atoms with E-state index in [1.807, 2.05) is 20.8 Å². The summed E-state index contributed by atoms with van der Waals surface area (Å²) in [6.45, 7) is 9.95. The van der Waals surface area contributed by atoms with Crippen molar-refractivity contribution in [3.8, 4) is 0 Å². The lowest BCUT2D eigenvalue weighted by atomic mass is 10.1. The molecule has 6 heteroatoms. The molecular weight excluding hydrogens is 260 g/mol. The number of ether oxygens (including phenoxy) is 1. The highest BCUT2D eigenvalue weighted by molar-refractivity contribution is 5.70. The topological polar surface area (TPSA) is 81.4 Å². The van der Waals surface area contributed by atoms with E-state index in [9.17, 15) is 9.59 Å². The van der Waals surface area contributed by atoms with Crippen molar-refractivity contribution in [3.63, 3.8) is 0 Å². The normalized spacial score (nSPS) is 11.7. The molecule has 0 unspecified atom stereocenters. The summed E-state index contributed by atoms with van der Waals surface area (Å²) in [6.07, 6.45) is -0.139. The SMILES string of the molecule is CCOC(C)(C)Cn1c(C)c(CC(=O)O)c(C)nc1=O. The summed E-state index contributed by atoms with van der Waals surface area (Å²) in [4.78, 5) is 26.9. The van der Waals surface area contributed by atoms with Gasteiger partial charge in [-0.3, -0.25) is 9.36 Å². The molecule has 0 bridgehead atoms. The van der Waals surface area contributed by atoms with Crippen LogP contribution in [0.2, 0.25) is 0 Å². The lowest BCUT2D eigenvalue weighted by Crippen LogP contribution is -2.38. The number of aliphatic carboxylic acids is 1. The van der Waals surface area contributed by atoms with Gasteiger partial charge in [0.05, 0.1) is 18.6 Å². The Morgan fingerprint density at radius 2 is 2.00 bits per heavy atom. The van der Waals surface area contributed by atoms with Gasteiger partial charge in [-0.2, -0.15) is 4.98 Å². The molecule has 0 saturated carbocycles. The minimum absolute atomic E-state index is 0.139. The maximum Gasteiger partial charge on any atom is 0.348 e. The first-order valence-corrected chi connectivity index (χ1v) is 6.60. The molecule has 0 atom stereocenters. The molecule has 0 saturated heterocycles. The molecule has 1 aromatic heterocycles. The van der Waals surface area contributed by atoms with Crippen LogP contribution in [-0.2, 0) is 22.5 Å². The average molecular weight is 282 g/mol. The number of hydrogen-bond donors (Lipinski definition) is 1. The van der Waals surface area contributed by atoms with Crippen molar-refractivity contribution in [2.75, 3.05) is 6.61 Å². The van der Waals surface area contributed by atoms with Crippen LogP contribution in [0, 0.1) is 13.8 Å². The van der Waals surface area contributed by atoms with Crippen LogP contribution < -0.4 is 5.69 Å². The van der Waals surface area contributed by atoms with Crippen LogP contribution in [0.15, 0.2) is 4.79 Å². The van der Waals surface area contributed by atoms with E-state index < -0.39 is 11.6 Å². The molecule has 0 spiro atoms. The molecule has 1 aromatic rings. The Hall–Kier alpha value is -1.69. The second-order valence-corrected chi connectivity index (χ2v) is 5.39. The predicted octanol–water partition coefficient (Wildman–Crippen LogP) is 1.30. The minimum atomic E-state index is -0.938. The third kappa shape index (κ3) is 3.90. The number of carbonyl (C=O) groups is 1. The maximum atomic E-state index is 12.0. The van der Waals surface area contributed by atoms with Crippen molar-refractivity contribution in [1.82, 2.24) is 9.55 Å². The molecule has 1 rings (SSSR count). The number of carboxylic acids is 1. The lowest BCUT2D eigenvalue weighted by molar-refractivity contribution is -0.136. The summed E-state index contributed by atoms with van der Waals surface area (Å²) < 4.78 is 7.08. The zero-order valence-electron chi connectivity index (χ0n) is 12.7. The number of carboxylic acid groups (broad SMARTS) is 1. The smallest absolute Gasteiger partial charge is 0.348 e. The zero-order valence-corrected chi connectivity index (χ0v) is 12.7. The second-order valence-electron chi connectivity index (χ2n) is 5.39. The fourth-order valence-electron chi connectivity index (χ4n) is 2.25. The third-order valence-electron chi connectivity index (χ3n) is 3.17. The number of aryl methyl sites for hydroxylation is 1. The molecule has 6 nitrogen and oxygen atoms in total. The molecule has 0 aliphatic heterocycles. The number of hydrogen-bond acceptors (Lipinski definition) is 4. The van der Waals surface area contributed by atoms with E-state index in [0.717, 1.165) is 0 Å². The van der Waals surface area contributed by atoms with E-state index in [4.69, 9.17) is 9.84 Å². The van der Waals surface area contributed by atoms with Crippen molar-refractivity contribution >= 4 is 5.97 Å². The van der Waals surface area contributed by atoms with Gasteiger partial charge in [-0.1, -0.05) is 0 Å². The van der Waals surface area contributed by atoms with Gasteiger partial charge in [0, 0.05) is 23.6 Å². The van der Waals surface area contributed by atoms with Crippen LogP contribution in [0.3, 0.4) is 0 Å². The first-order valence-electron chi connectivity index (χ1n) is 6.60. The van der Waals surface area contributed by atoms with Gasteiger partial charge < -0.3 is 9.84 Å². The number of nitrogens with zero attached hydrogens (tertiary/aromatic N) is 2. The molecule has 0 aliphatic rings. The van der Waals surface area contributed by atoms with Gasteiger partial charge in [-0.05, 0) is 34.6 Å². The van der Waals surface area contributed by atoms with Gasteiger partial charge in [0.2, 0.25) is 0 Å². The van der Waals surface area contributed by atoms with Gasteiger partial charge in [-0.15, -0.1) is 0 Å². The summed E-state index contributed by atoms with van der Waals surface area (Å²) in [5.41, 5.74) is 0.810. The Labute approximate surface area is 118 Å². The van der Waals surface area contributed by atoms with Crippen molar-refractivity contribution in [2.45, 2.75) is 53.2 Å². The maximum absolute atomic E-state index is 12.0. The molecule has 0 radical (unpaired) electrons. The Balaban J connectivity index is 3.26. The Kier molecular flexibility index (Phi) is 5.05. The Bertz CT molecular complexity index is 561. The zero-order chi connectivity index (χ0) is 15.5. The number of aromatic nitrogens is 2. The van der Waals surface area contributed by atoms with E-state index in [1.165, 1.54) is 4.57 Å². The van der Waals surface area contributed by atoms with E-state index in [0.29, 0.717) is 30.1 Å². The summed E-state index contributed by atoms with van der Waals surface area (Å²) >= 11 is 0. The van der Waals surface area contributed by atoms with E-state index >= 15 is 0 Å². The lowest BCUT2D eigenvalue weighted by Gasteiger charge is -2.27. The Morgan fingerprint density at radius 3 is 2.50 bits per heavy atom. The highest BCUT2D eigenvalue weighted by Crippen LogP contribution is 2.16. The van der Waals surface area contributed by atoms with Crippen LogP contribution in [-0.4, -0.2) is 32.8 Å². The van der Waals surface area contributed by atoms with Gasteiger partial charge >= 0.3 is 11.7 Å². The largest absolute Gasteiger partial charge is 0.481 e. The highest BCUT2D eigenvalue weighted by Gasteiger charge is 2.22. The molecule has 1 N–H and O–H groups in total. The summed E-state index contributed by atoms with van der Waals surface area (Å²) in [6, 6.07) is 0. The number of rotatable bonds is 6. The van der Waals surface area contributed by atoms with Gasteiger partial charge in [0.15, 0.2) is 0 Å². The first-order chi connectivity index (χ1) is 9.18. The second kappa shape index (κ2) is 6.17. The van der Waals surface area contributed by atoms with E-state index in [1.54, 1.807) is 13.8 Å². The van der Waals surface area contributed by atoms with Crippen LogP contribution in [0.4, 0.5) is 0 Å². The standard InChI is InChI=1S/C14H22N2O4/c1-6-20-14(4,5)8-16-10(3)11(7-12(17)18)9(2)15-13(16)19/h6-8H2,1-5H3,(H,17,18). The van der Waals surface area contributed by atoms with Crippen LogP contribution in [0.25, 0.3) is 0 Å². The fraction of sp³-hybridized carbons (Fsp3) is 0.643. The van der Waals surface area contributed by atoms with Gasteiger partial charge in [0.1, 0.15) is 0 Å². The van der Waals surface area contributed by atoms with Crippen LogP contribution >= 0.6 is 0 Å². The summed E-state index contributed by atoms with van der Waals surface area (Å²) in [7, 11) is 0. The van der Waals surface area contributed by atoms with Gasteiger partial charge in [-0.25, -0.2) is 4.79 Å². The van der Waals surface area contributed by atoms with Crippen LogP contribution in [0.5, 0.6) is 0 Å². The van der Waals surface area contributed by atoms with Crippen molar-refractivity contribution in [3.05, 3.63) is 27.4 Å². The molecule has 1 heterocycles. The first kappa shape index (κ1) is 16.4. The molecule has 0 aliphatic carbocycles. The van der Waals surface area contributed by atoms with Gasteiger partial charge in [0.25, 0.3) is 0 Å². The fourth-order valence-corrected chi connectivity index (χ4v) is 2.25. The predicted molar refractivity (Wildman–Crippen MR) is 75.0 cm³/mol. The molecule has 0 amide bonds. The molecular formula is C14H22N2O4. The molecule has 20 heavy (non-hydrogen) atoms. The highest BCUT2D eigenvalue weighted by atomic mass is 16.5. The van der Waals surface area contributed by atoms with Crippen LogP contribution in [0.1, 0.15) is 37.7 Å². The van der Waals surface area contributed by atoms with Crippen molar-refractivity contribution in [1.29, 1.82) is 0 Å². The van der Waals surface area contributed by atoms with Crippen molar-refractivity contribution in [2.24, 2.45) is 0 Å². The average Bonchev–Trinajstić information content (AvgIpc) is 2.30. The Morgan fingerprint density at radius 1 is 1.40 bits per heavy atom. The summed E-state index contributed by atoms with van der Waals surface area (Å²) in [5, 5.41) is 8.95. The van der Waals surface area contributed by atoms with E-state index in [2.05, 4.69) is 4.98 Å². The minimum Gasteiger partial charge on any atom is -0.481 e. The third-order valence-corrected chi connectivity index (χ3v) is 3.17.